The van der Waals surface area contributed by atoms with Gasteiger partial charge in [0, 0.05) is 19.0 Å². The van der Waals surface area contributed by atoms with E-state index in [0.717, 1.165) is 13.0 Å². The molecule has 1 fully saturated rings. The highest BCUT2D eigenvalue weighted by Gasteiger charge is 2.17. The van der Waals surface area contributed by atoms with Crippen LogP contribution in [0.15, 0.2) is 18.5 Å². The molecule has 1 saturated heterocycles. The molecule has 0 radical (unpaired) electrons. The number of aromatic nitrogens is 1. The monoisotopic (exact) mass is 181 g/mol. The maximum atomic E-state index is 10.6. The summed E-state index contributed by atoms with van der Waals surface area (Å²) in [6, 6.07) is 1.92. The van der Waals surface area contributed by atoms with Gasteiger partial charge in [-0.1, -0.05) is 0 Å². The Bertz CT molecular complexity index is 312. The zero-order chi connectivity index (χ0) is 9.26. The lowest BCUT2D eigenvalue weighted by atomic mass is 10.2. The number of carboxylic acid groups (broad SMARTS) is 1. The number of aromatic carboxylic acids is 1. The number of hydrogen-bond acceptors (Lipinski definition) is 2. The molecule has 1 atom stereocenters. The van der Waals surface area contributed by atoms with Crippen LogP contribution in [-0.4, -0.2) is 28.9 Å². The molecule has 0 bridgehead atoms. The highest BCUT2D eigenvalue weighted by atomic mass is 16.5. The lowest BCUT2D eigenvalue weighted by Crippen LogP contribution is -2.06. The fourth-order valence-electron chi connectivity index (χ4n) is 1.52. The minimum Gasteiger partial charge on any atom is -0.478 e. The molecule has 4 nitrogen and oxygen atoms in total. The molecule has 0 spiro atoms. The van der Waals surface area contributed by atoms with Crippen LogP contribution in [0, 0.1) is 0 Å². The van der Waals surface area contributed by atoms with Crippen molar-refractivity contribution in [2.75, 3.05) is 13.2 Å². The Balaban J connectivity index is 2.16. The van der Waals surface area contributed by atoms with Gasteiger partial charge in [-0.2, -0.15) is 0 Å². The van der Waals surface area contributed by atoms with Crippen LogP contribution in [0.2, 0.25) is 0 Å². The minimum absolute atomic E-state index is 0.313. The lowest BCUT2D eigenvalue weighted by Gasteiger charge is -2.08. The standard InChI is InChI=1S/C9H11NO3/c11-9(12)7-1-3-10(5-7)8-2-4-13-6-8/h1,3,5,8H,2,4,6H2,(H,11,12). The first-order chi connectivity index (χ1) is 6.27. The topological polar surface area (TPSA) is 51.5 Å². The predicted octanol–water partition coefficient (Wildman–Crippen LogP) is 1.15. The summed E-state index contributed by atoms with van der Waals surface area (Å²) in [7, 11) is 0. The van der Waals surface area contributed by atoms with Crippen LogP contribution in [0.5, 0.6) is 0 Å². The van der Waals surface area contributed by atoms with Gasteiger partial charge >= 0.3 is 5.97 Å². The molecule has 0 amide bonds. The molecule has 0 aliphatic carbocycles. The molecule has 1 unspecified atom stereocenters. The summed E-state index contributed by atoms with van der Waals surface area (Å²) < 4.78 is 7.13. The first-order valence-electron chi connectivity index (χ1n) is 4.26. The Morgan fingerprint density at radius 3 is 3.08 bits per heavy atom. The van der Waals surface area contributed by atoms with Gasteiger partial charge < -0.3 is 14.4 Å². The molecule has 70 valence electrons. The fourth-order valence-corrected chi connectivity index (χ4v) is 1.52. The number of rotatable bonds is 2. The summed E-state index contributed by atoms with van der Waals surface area (Å²) in [4.78, 5) is 10.6. The lowest BCUT2D eigenvalue weighted by molar-refractivity contribution is 0.0696. The SMILES string of the molecule is O=C(O)c1ccn(C2CCOC2)c1. The number of carbonyl (C=O) groups is 1. The average Bonchev–Trinajstić information content (AvgIpc) is 2.75. The Morgan fingerprint density at radius 1 is 1.69 bits per heavy atom. The smallest absolute Gasteiger partial charge is 0.337 e. The average molecular weight is 181 g/mol. The molecule has 2 heterocycles. The van der Waals surface area contributed by atoms with Crippen LogP contribution in [-0.2, 0) is 4.74 Å². The summed E-state index contributed by atoms with van der Waals surface area (Å²) in [6.07, 6.45) is 4.41. The Hall–Kier alpha value is -1.29. The third-order valence-electron chi connectivity index (χ3n) is 2.29. The van der Waals surface area contributed by atoms with E-state index in [-0.39, 0.29) is 0 Å². The van der Waals surface area contributed by atoms with Gasteiger partial charge in [-0.05, 0) is 12.5 Å². The first kappa shape index (κ1) is 8.31. The third kappa shape index (κ3) is 1.58. The molecule has 0 aromatic carbocycles. The molecule has 1 aromatic rings. The van der Waals surface area contributed by atoms with Crippen molar-refractivity contribution in [3.05, 3.63) is 24.0 Å². The van der Waals surface area contributed by atoms with Crippen LogP contribution >= 0.6 is 0 Å². The van der Waals surface area contributed by atoms with Gasteiger partial charge in [-0.3, -0.25) is 0 Å². The third-order valence-corrected chi connectivity index (χ3v) is 2.29. The molecule has 1 aliphatic heterocycles. The van der Waals surface area contributed by atoms with E-state index in [2.05, 4.69) is 0 Å². The molecule has 13 heavy (non-hydrogen) atoms. The van der Waals surface area contributed by atoms with Crippen molar-refractivity contribution >= 4 is 5.97 Å². The normalized spacial score (nSPS) is 22.0. The second-order valence-electron chi connectivity index (χ2n) is 3.17. The number of hydrogen-bond donors (Lipinski definition) is 1. The van der Waals surface area contributed by atoms with Crippen LogP contribution in [0.25, 0.3) is 0 Å². The van der Waals surface area contributed by atoms with Crippen molar-refractivity contribution in [1.82, 2.24) is 4.57 Å². The summed E-state index contributed by atoms with van der Waals surface area (Å²) in [5.74, 6) is -0.877. The van der Waals surface area contributed by atoms with Crippen LogP contribution in [0.4, 0.5) is 0 Å². The zero-order valence-electron chi connectivity index (χ0n) is 7.14. The van der Waals surface area contributed by atoms with Gasteiger partial charge in [-0.15, -0.1) is 0 Å². The van der Waals surface area contributed by atoms with Gasteiger partial charge in [-0.25, -0.2) is 4.79 Å². The molecule has 1 N–H and O–H groups in total. The number of carboxylic acids is 1. The van der Waals surface area contributed by atoms with E-state index in [9.17, 15) is 4.79 Å². The van der Waals surface area contributed by atoms with Crippen molar-refractivity contribution in [2.24, 2.45) is 0 Å². The summed E-state index contributed by atoms with van der Waals surface area (Å²) >= 11 is 0. The largest absolute Gasteiger partial charge is 0.478 e. The molecular weight excluding hydrogens is 170 g/mol. The van der Waals surface area contributed by atoms with E-state index in [1.165, 1.54) is 0 Å². The second-order valence-corrected chi connectivity index (χ2v) is 3.17. The van der Waals surface area contributed by atoms with Crippen LogP contribution < -0.4 is 0 Å². The Kier molecular flexibility index (Phi) is 2.06. The second kappa shape index (κ2) is 3.22. The Morgan fingerprint density at radius 2 is 2.54 bits per heavy atom. The maximum Gasteiger partial charge on any atom is 0.337 e. The van der Waals surface area contributed by atoms with Gasteiger partial charge in [0.1, 0.15) is 0 Å². The number of ether oxygens (including phenoxy) is 1. The number of nitrogens with zero attached hydrogens (tertiary/aromatic N) is 1. The maximum absolute atomic E-state index is 10.6. The summed E-state index contributed by atoms with van der Waals surface area (Å²) in [5, 5.41) is 8.70. The fraction of sp³-hybridized carbons (Fsp3) is 0.444. The van der Waals surface area contributed by atoms with Crippen LogP contribution in [0.3, 0.4) is 0 Å². The molecule has 0 saturated carbocycles. The van der Waals surface area contributed by atoms with Gasteiger partial charge in [0.15, 0.2) is 0 Å². The van der Waals surface area contributed by atoms with E-state index in [0.29, 0.717) is 18.2 Å². The van der Waals surface area contributed by atoms with Gasteiger partial charge in [0.2, 0.25) is 0 Å². The Labute approximate surface area is 75.7 Å². The van der Waals surface area contributed by atoms with Crippen molar-refractivity contribution < 1.29 is 14.6 Å². The molecule has 1 aliphatic rings. The molecular formula is C9H11NO3. The van der Waals surface area contributed by atoms with Gasteiger partial charge in [0.05, 0.1) is 18.2 Å². The molecule has 2 rings (SSSR count). The van der Waals surface area contributed by atoms with Crippen molar-refractivity contribution in [2.45, 2.75) is 12.5 Å². The zero-order valence-corrected chi connectivity index (χ0v) is 7.14. The van der Waals surface area contributed by atoms with E-state index in [1.54, 1.807) is 18.5 Å². The van der Waals surface area contributed by atoms with Crippen LogP contribution in [0.1, 0.15) is 22.8 Å². The molecule has 1 aromatic heterocycles. The highest BCUT2D eigenvalue weighted by Crippen LogP contribution is 2.19. The van der Waals surface area contributed by atoms with Crippen molar-refractivity contribution in [1.29, 1.82) is 0 Å². The minimum atomic E-state index is -0.877. The summed E-state index contributed by atoms with van der Waals surface area (Å²) in [5.41, 5.74) is 0.340. The van der Waals surface area contributed by atoms with E-state index in [4.69, 9.17) is 9.84 Å². The predicted molar refractivity (Wildman–Crippen MR) is 45.9 cm³/mol. The van der Waals surface area contributed by atoms with E-state index >= 15 is 0 Å². The quantitative estimate of drug-likeness (QED) is 0.744. The first-order valence-corrected chi connectivity index (χ1v) is 4.26. The van der Waals surface area contributed by atoms with Crippen molar-refractivity contribution in [3.63, 3.8) is 0 Å². The van der Waals surface area contributed by atoms with E-state index in [1.807, 2.05) is 4.57 Å². The highest BCUT2D eigenvalue weighted by molar-refractivity contribution is 5.87. The summed E-state index contributed by atoms with van der Waals surface area (Å²) in [6.45, 7) is 1.46. The molecule has 4 heteroatoms. The van der Waals surface area contributed by atoms with Gasteiger partial charge in [0.25, 0.3) is 0 Å². The van der Waals surface area contributed by atoms with E-state index < -0.39 is 5.97 Å². The van der Waals surface area contributed by atoms with Crippen molar-refractivity contribution in [3.8, 4) is 0 Å².